The SMILES string of the molecule is Cc1cc(Br)cc2c1-c1ncnn1CC2. The zero-order valence-corrected chi connectivity index (χ0v) is 9.95. The van der Waals surface area contributed by atoms with Crippen molar-refractivity contribution in [3.05, 3.63) is 34.1 Å². The second-order valence-corrected chi connectivity index (χ2v) is 4.73. The zero-order valence-electron chi connectivity index (χ0n) is 8.37. The monoisotopic (exact) mass is 263 g/mol. The van der Waals surface area contributed by atoms with Crippen LogP contribution in [0.5, 0.6) is 0 Å². The van der Waals surface area contributed by atoms with Crippen LogP contribution in [0.15, 0.2) is 22.9 Å². The lowest BCUT2D eigenvalue weighted by Crippen LogP contribution is -2.13. The van der Waals surface area contributed by atoms with Crippen LogP contribution >= 0.6 is 15.9 Å². The lowest BCUT2D eigenvalue weighted by atomic mass is 9.96. The van der Waals surface area contributed by atoms with E-state index in [2.05, 4.69) is 45.1 Å². The molecule has 1 aromatic carbocycles. The van der Waals surface area contributed by atoms with E-state index in [0.717, 1.165) is 23.3 Å². The highest BCUT2D eigenvalue weighted by molar-refractivity contribution is 9.10. The Bertz CT molecular complexity index is 531. The Balaban J connectivity index is 2.32. The number of aromatic nitrogens is 3. The van der Waals surface area contributed by atoms with E-state index in [-0.39, 0.29) is 0 Å². The number of nitrogens with zero attached hydrogens (tertiary/aromatic N) is 3. The maximum absolute atomic E-state index is 4.33. The fraction of sp³-hybridized carbons (Fsp3) is 0.273. The average molecular weight is 264 g/mol. The topological polar surface area (TPSA) is 30.7 Å². The van der Waals surface area contributed by atoms with Crippen LogP contribution in [0, 0.1) is 6.92 Å². The maximum atomic E-state index is 4.33. The summed E-state index contributed by atoms with van der Waals surface area (Å²) in [4.78, 5) is 4.33. The van der Waals surface area contributed by atoms with Gasteiger partial charge in [0.2, 0.25) is 0 Å². The summed E-state index contributed by atoms with van der Waals surface area (Å²) >= 11 is 3.53. The molecule has 2 aromatic rings. The van der Waals surface area contributed by atoms with E-state index in [0.29, 0.717) is 0 Å². The summed E-state index contributed by atoms with van der Waals surface area (Å²) in [5.74, 6) is 1.00. The Morgan fingerprint density at radius 3 is 3.13 bits per heavy atom. The minimum absolute atomic E-state index is 0.929. The van der Waals surface area contributed by atoms with Gasteiger partial charge in [0.1, 0.15) is 6.33 Å². The molecule has 76 valence electrons. The molecule has 0 aliphatic carbocycles. The van der Waals surface area contributed by atoms with Gasteiger partial charge in [0.05, 0.1) is 0 Å². The largest absolute Gasteiger partial charge is 0.245 e. The fourth-order valence-corrected chi connectivity index (χ4v) is 2.80. The van der Waals surface area contributed by atoms with Crippen LogP contribution in [0.2, 0.25) is 0 Å². The first-order valence-electron chi connectivity index (χ1n) is 4.93. The second kappa shape index (κ2) is 3.17. The van der Waals surface area contributed by atoms with Crippen LogP contribution in [0.1, 0.15) is 11.1 Å². The van der Waals surface area contributed by atoms with Crippen LogP contribution in [-0.2, 0) is 13.0 Å². The molecular weight excluding hydrogens is 254 g/mol. The third-order valence-electron chi connectivity index (χ3n) is 2.81. The Kier molecular flexibility index (Phi) is 1.92. The molecule has 0 bridgehead atoms. The predicted octanol–water partition coefficient (Wildman–Crippen LogP) is 2.57. The van der Waals surface area contributed by atoms with E-state index < -0.39 is 0 Å². The Morgan fingerprint density at radius 1 is 1.40 bits per heavy atom. The van der Waals surface area contributed by atoms with Gasteiger partial charge >= 0.3 is 0 Å². The van der Waals surface area contributed by atoms with Crippen molar-refractivity contribution in [1.29, 1.82) is 0 Å². The van der Waals surface area contributed by atoms with E-state index >= 15 is 0 Å². The fourth-order valence-electron chi connectivity index (χ4n) is 2.18. The smallest absolute Gasteiger partial charge is 0.158 e. The molecule has 0 atom stereocenters. The minimum atomic E-state index is 0.929. The first kappa shape index (κ1) is 9.09. The molecule has 0 saturated carbocycles. The molecular formula is C11H10BrN3. The second-order valence-electron chi connectivity index (χ2n) is 3.81. The molecule has 0 saturated heterocycles. The van der Waals surface area contributed by atoms with Crippen LogP contribution in [0.4, 0.5) is 0 Å². The minimum Gasteiger partial charge on any atom is -0.245 e. The molecule has 0 unspecified atom stereocenters. The molecule has 0 spiro atoms. The van der Waals surface area contributed by atoms with Crippen molar-refractivity contribution < 1.29 is 0 Å². The van der Waals surface area contributed by atoms with Gasteiger partial charge in [-0.25, -0.2) is 9.67 Å². The molecule has 0 radical (unpaired) electrons. The highest BCUT2D eigenvalue weighted by Gasteiger charge is 2.19. The van der Waals surface area contributed by atoms with Crippen molar-refractivity contribution in [2.24, 2.45) is 0 Å². The number of hydrogen-bond donors (Lipinski definition) is 0. The van der Waals surface area contributed by atoms with Gasteiger partial charge in [-0.3, -0.25) is 0 Å². The molecule has 3 nitrogen and oxygen atoms in total. The van der Waals surface area contributed by atoms with Gasteiger partial charge in [-0.15, -0.1) is 0 Å². The van der Waals surface area contributed by atoms with Gasteiger partial charge < -0.3 is 0 Å². The van der Waals surface area contributed by atoms with Crippen LogP contribution in [0.3, 0.4) is 0 Å². The Labute approximate surface area is 96.3 Å². The summed E-state index contributed by atoms with van der Waals surface area (Å²) in [6, 6.07) is 4.31. The van der Waals surface area contributed by atoms with E-state index in [1.165, 1.54) is 16.7 Å². The van der Waals surface area contributed by atoms with Crippen LogP contribution in [0.25, 0.3) is 11.4 Å². The molecule has 1 aliphatic rings. The number of fused-ring (bicyclic) bond motifs is 3. The molecule has 0 amide bonds. The highest BCUT2D eigenvalue weighted by Crippen LogP contribution is 2.32. The molecule has 3 rings (SSSR count). The lowest BCUT2D eigenvalue weighted by molar-refractivity contribution is 0.605. The molecule has 0 N–H and O–H groups in total. The average Bonchev–Trinajstić information content (AvgIpc) is 2.63. The van der Waals surface area contributed by atoms with Gasteiger partial charge in [-0.05, 0) is 36.6 Å². The third-order valence-corrected chi connectivity index (χ3v) is 3.27. The van der Waals surface area contributed by atoms with Crippen LogP contribution < -0.4 is 0 Å². The quantitative estimate of drug-likeness (QED) is 0.732. The Morgan fingerprint density at radius 2 is 2.27 bits per heavy atom. The summed E-state index contributed by atoms with van der Waals surface area (Å²) < 4.78 is 3.12. The standard InChI is InChI=1S/C11H10BrN3/c1-7-4-9(12)5-8-2-3-15-11(10(7)8)13-6-14-15/h4-6H,2-3H2,1H3. The summed E-state index contributed by atoms with van der Waals surface area (Å²) in [6.07, 6.45) is 2.66. The van der Waals surface area contributed by atoms with Crippen molar-refractivity contribution in [3.63, 3.8) is 0 Å². The maximum Gasteiger partial charge on any atom is 0.158 e. The van der Waals surface area contributed by atoms with Gasteiger partial charge in [0.15, 0.2) is 5.82 Å². The normalized spacial score (nSPS) is 13.5. The molecule has 1 aliphatic heterocycles. The first-order chi connectivity index (χ1) is 7.25. The number of halogens is 1. The van der Waals surface area contributed by atoms with Crippen molar-refractivity contribution in [3.8, 4) is 11.4 Å². The zero-order chi connectivity index (χ0) is 10.4. The Hall–Kier alpha value is -1.16. The van der Waals surface area contributed by atoms with E-state index in [9.17, 15) is 0 Å². The van der Waals surface area contributed by atoms with Gasteiger partial charge in [0, 0.05) is 16.6 Å². The summed E-state index contributed by atoms with van der Waals surface area (Å²) in [5, 5.41) is 4.21. The number of aryl methyl sites for hydroxylation is 3. The highest BCUT2D eigenvalue weighted by atomic mass is 79.9. The van der Waals surface area contributed by atoms with Gasteiger partial charge in [-0.2, -0.15) is 5.10 Å². The van der Waals surface area contributed by atoms with Crippen molar-refractivity contribution in [2.75, 3.05) is 0 Å². The summed E-state index contributed by atoms with van der Waals surface area (Å²) in [7, 11) is 0. The van der Waals surface area contributed by atoms with E-state index in [4.69, 9.17) is 0 Å². The molecule has 2 heterocycles. The van der Waals surface area contributed by atoms with Crippen molar-refractivity contribution >= 4 is 15.9 Å². The summed E-state index contributed by atoms with van der Waals surface area (Å²) in [6.45, 7) is 3.05. The molecule has 15 heavy (non-hydrogen) atoms. The van der Waals surface area contributed by atoms with E-state index in [1.54, 1.807) is 6.33 Å². The number of rotatable bonds is 0. The van der Waals surface area contributed by atoms with Gasteiger partial charge in [0.25, 0.3) is 0 Å². The predicted molar refractivity (Wildman–Crippen MR) is 61.6 cm³/mol. The number of benzene rings is 1. The first-order valence-corrected chi connectivity index (χ1v) is 5.72. The third kappa shape index (κ3) is 1.32. The summed E-state index contributed by atoms with van der Waals surface area (Å²) in [5.41, 5.74) is 3.87. The molecule has 0 fully saturated rings. The van der Waals surface area contributed by atoms with E-state index in [1.807, 2.05) is 4.68 Å². The lowest BCUT2D eigenvalue weighted by Gasteiger charge is -2.18. The molecule has 4 heteroatoms. The van der Waals surface area contributed by atoms with Crippen molar-refractivity contribution in [2.45, 2.75) is 19.9 Å². The molecule has 1 aromatic heterocycles. The van der Waals surface area contributed by atoms with Crippen molar-refractivity contribution in [1.82, 2.24) is 14.8 Å². The van der Waals surface area contributed by atoms with Gasteiger partial charge in [-0.1, -0.05) is 15.9 Å². The number of hydrogen-bond acceptors (Lipinski definition) is 2. The van der Waals surface area contributed by atoms with Crippen LogP contribution in [-0.4, -0.2) is 14.8 Å².